The van der Waals surface area contributed by atoms with Crippen molar-refractivity contribution in [1.82, 2.24) is 0 Å². The second-order valence-electron chi connectivity index (χ2n) is 8.18. The van der Waals surface area contributed by atoms with Crippen molar-refractivity contribution < 1.29 is 0 Å². The number of benzene rings is 3. The first-order chi connectivity index (χ1) is 13.5. The summed E-state index contributed by atoms with van der Waals surface area (Å²) in [7, 11) is 0. The van der Waals surface area contributed by atoms with Gasteiger partial charge in [0.15, 0.2) is 0 Å². The van der Waals surface area contributed by atoms with Crippen LogP contribution in [0.4, 0.5) is 5.69 Å². The zero-order valence-corrected chi connectivity index (χ0v) is 17.6. The molecule has 0 saturated carbocycles. The van der Waals surface area contributed by atoms with Crippen molar-refractivity contribution in [3.8, 4) is 0 Å². The Hall–Kier alpha value is -2.80. The number of hydrogen-bond donors (Lipinski definition) is 1. The van der Waals surface area contributed by atoms with E-state index in [2.05, 4.69) is 101 Å². The molecule has 0 aromatic heterocycles. The maximum Gasteiger partial charge on any atom is 0.0410 e. The maximum atomic E-state index is 3.77. The molecule has 1 heteroatoms. The fraction of sp³-hybridized carbons (Fsp3) is 0.259. The molecule has 1 aliphatic rings. The molecule has 142 valence electrons. The van der Waals surface area contributed by atoms with Crippen LogP contribution in [0, 0.1) is 20.8 Å². The Bertz CT molecular complexity index is 1090. The highest BCUT2D eigenvalue weighted by molar-refractivity contribution is 5.87. The molecule has 0 radical (unpaired) electrons. The summed E-state index contributed by atoms with van der Waals surface area (Å²) in [4.78, 5) is 0. The third-order valence-electron chi connectivity index (χ3n) is 6.16. The van der Waals surface area contributed by atoms with Gasteiger partial charge in [-0.05, 0) is 67.6 Å². The van der Waals surface area contributed by atoms with Gasteiger partial charge in [0, 0.05) is 18.2 Å². The van der Waals surface area contributed by atoms with E-state index in [0.29, 0.717) is 5.92 Å². The molecule has 1 atom stereocenters. The van der Waals surface area contributed by atoms with Crippen LogP contribution in [0.1, 0.15) is 47.6 Å². The Morgan fingerprint density at radius 3 is 2.25 bits per heavy atom. The Balaban J connectivity index is 1.79. The van der Waals surface area contributed by atoms with Gasteiger partial charge in [0.1, 0.15) is 0 Å². The lowest BCUT2D eigenvalue weighted by molar-refractivity contribution is 0.967. The topological polar surface area (TPSA) is 12.0 Å². The van der Waals surface area contributed by atoms with Gasteiger partial charge in [0.05, 0.1) is 0 Å². The summed E-state index contributed by atoms with van der Waals surface area (Å²) in [5.74, 6) is 0.376. The molecule has 0 bridgehead atoms. The quantitative estimate of drug-likeness (QED) is 0.507. The summed E-state index contributed by atoms with van der Waals surface area (Å²) in [5.41, 5.74) is 10.9. The molecule has 1 nitrogen and oxygen atoms in total. The van der Waals surface area contributed by atoms with Crippen LogP contribution in [0.2, 0.25) is 0 Å². The van der Waals surface area contributed by atoms with Crippen LogP contribution >= 0.6 is 0 Å². The Labute approximate surface area is 168 Å². The lowest BCUT2D eigenvalue weighted by atomic mass is 9.87. The van der Waals surface area contributed by atoms with Crippen molar-refractivity contribution in [2.24, 2.45) is 0 Å². The van der Waals surface area contributed by atoms with Crippen molar-refractivity contribution in [2.75, 3.05) is 5.32 Å². The van der Waals surface area contributed by atoms with Crippen molar-refractivity contribution in [2.45, 2.75) is 47.1 Å². The molecule has 3 aromatic carbocycles. The van der Waals surface area contributed by atoms with E-state index >= 15 is 0 Å². The number of aryl methyl sites for hydroxylation is 3. The Morgan fingerprint density at radius 1 is 0.857 bits per heavy atom. The third kappa shape index (κ3) is 3.26. The van der Waals surface area contributed by atoms with E-state index in [1.165, 1.54) is 55.4 Å². The molecule has 1 N–H and O–H groups in total. The van der Waals surface area contributed by atoms with Gasteiger partial charge in [0.25, 0.3) is 0 Å². The van der Waals surface area contributed by atoms with Crippen LogP contribution < -0.4 is 5.32 Å². The van der Waals surface area contributed by atoms with Crippen LogP contribution in [0.3, 0.4) is 0 Å². The molecule has 3 aromatic rings. The second-order valence-corrected chi connectivity index (χ2v) is 8.18. The average Bonchev–Trinajstić information content (AvgIpc) is 2.99. The molecule has 4 rings (SSSR count). The molecule has 0 spiro atoms. The van der Waals surface area contributed by atoms with Gasteiger partial charge < -0.3 is 5.32 Å². The normalized spacial score (nSPS) is 16.2. The summed E-state index contributed by atoms with van der Waals surface area (Å²) < 4.78 is 0. The average molecular weight is 368 g/mol. The standard InChI is InChI=1S/C27H29N/c1-17-14-19(3)27(20(4)15-17)28-16-26-24-9-7-6-8-22(24)11-13-25(26)23-12-10-18(2)21(23)5/h6-15,23,28H,16H2,1-5H3. The Kier molecular flexibility index (Phi) is 4.85. The maximum absolute atomic E-state index is 3.77. The highest BCUT2D eigenvalue weighted by Gasteiger charge is 2.21. The highest BCUT2D eigenvalue weighted by Crippen LogP contribution is 2.38. The predicted molar refractivity (Wildman–Crippen MR) is 122 cm³/mol. The van der Waals surface area contributed by atoms with Crippen molar-refractivity contribution in [1.29, 1.82) is 0 Å². The van der Waals surface area contributed by atoms with E-state index in [4.69, 9.17) is 0 Å². The molecular weight excluding hydrogens is 338 g/mol. The van der Waals surface area contributed by atoms with Gasteiger partial charge in [-0.1, -0.05) is 77.4 Å². The first kappa shape index (κ1) is 18.6. The van der Waals surface area contributed by atoms with Crippen LogP contribution in [-0.4, -0.2) is 0 Å². The van der Waals surface area contributed by atoms with Crippen molar-refractivity contribution >= 4 is 16.5 Å². The minimum Gasteiger partial charge on any atom is -0.381 e. The zero-order chi connectivity index (χ0) is 19.8. The summed E-state index contributed by atoms with van der Waals surface area (Å²) >= 11 is 0. The van der Waals surface area contributed by atoms with Gasteiger partial charge in [0.2, 0.25) is 0 Å². The van der Waals surface area contributed by atoms with Crippen LogP contribution in [0.5, 0.6) is 0 Å². The van der Waals surface area contributed by atoms with E-state index in [9.17, 15) is 0 Å². The molecule has 0 saturated heterocycles. The SMILES string of the molecule is CC1=C(C)C(c2ccc3ccccc3c2CNc2c(C)cc(C)cc2C)C=C1. The molecule has 1 unspecified atom stereocenters. The van der Waals surface area contributed by atoms with Gasteiger partial charge in [-0.15, -0.1) is 0 Å². The summed E-state index contributed by atoms with van der Waals surface area (Å²) in [6, 6.07) is 17.9. The van der Waals surface area contributed by atoms with E-state index in [-0.39, 0.29) is 0 Å². The van der Waals surface area contributed by atoms with E-state index in [0.717, 1.165) is 6.54 Å². The molecule has 0 aliphatic heterocycles. The van der Waals surface area contributed by atoms with Gasteiger partial charge >= 0.3 is 0 Å². The van der Waals surface area contributed by atoms with Crippen LogP contribution in [0.25, 0.3) is 10.8 Å². The number of fused-ring (bicyclic) bond motifs is 1. The fourth-order valence-corrected chi connectivity index (χ4v) is 4.58. The summed E-state index contributed by atoms with van der Waals surface area (Å²) in [6.45, 7) is 11.9. The first-order valence-electron chi connectivity index (χ1n) is 10.1. The van der Waals surface area contributed by atoms with Crippen LogP contribution in [0.15, 0.2) is 71.8 Å². The van der Waals surface area contributed by atoms with Gasteiger partial charge in [-0.2, -0.15) is 0 Å². The summed E-state index contributed by atoms with van der Waals surface area (Å²) in [5, 5.41) is 6.42. The van der Waals surface area contributed by atoms with Crippen molar-refractivity contribution in [3.05, 3.63) is 99.6 Å². The monoisotopic (exact) mass is 367 g/mol. The highest BCUT2D eigenvalue weighted by atomic mass is 14.9. The lowest BCUT2D eigenvalue weighted by Gasteiger charge is -2.21. The van der Waals surface area contributed by atoms with Crippen LogP contribution in [-0.2, 0) is 6.54 Å². The van der Waals surface area contributed by atoms with E-state index < -0.39 is 0 Å². The molecule has 28 heavy (non-hydrogen) atoms. The third-order valence-corrected chi connectivity index (χ3v) is 6.16. The number of rotatable bonds is 4. The largest absolute Gasteiger partial charge is 0.381 e. The number of allylic oxidation sites excluding steroid dienone is 4. The Morgan fingerprint density at radius 2 is 1.57 bits per heavy atom. The van der Waals surface area contributed by atoms with Gasteiger partial charge in [-0.25, -0.2) is 0 Å². The lowest BCUT2D eigenvalue weighted by Crippen LogP contribution is -2.09. The molecule has 0 heterocycles. The first-order valence-corrected chi connectivity index (χ1v) is 10.1. The fourth-order valence-electron chi connectivity index (χ4n) is 4.58. The molecule has 1 aliphatic carbocycles. The zero-order valence-electron chi connectivity index (χ0n) is 17.6. The second kappa shape index (κ2) is 7.31. The molecule has 0 amide bonds. The van der Waals surface area contributed by atoms with E-state index in [1.54, 1.807) is 0 Å². The van der Waals surface area contributed by atoms with E-state index in [1.807, 2.05) is 0 Å². The van der Waals surface area contributed by atoms with Crippen molar-refractivity contribution in [3.63, 3.8) is 0 Å². The summed E-state index contributed by atoms with van der Waals surface area (Å²) in [6.07, 6.45) is 4.61. The number of anilines is 1. The molecule has 0 fully saturated rings. The smallest absolute Gasteiger partial charge is 0.0410 e. The minimum atomic E-state index is 0.376. The number of nitrogens with one attached hydrogen (secondary N) is 1. The minimum absolute atomic E-state index is 0.376. The predicted octanol–water partition coefficient (Wildman–Crippen LogP) is 7.37. The van der Waals surface area contributed by atoms with Gasteiger partial charge in [-0.3, -0.25) is 0 Å². The number of hydrogen-bond acceptors (Lipinski definition) is 1. The molecular formula is C27H29N.